The van der Waals surface area contributed by atoms with E-state index in [1.54, 1.807) is 41.5 Å². The maximum atomic E-state index is 12.5. The van der Waals surface area contributed by atoms with Crippen LogP contribution in [0.3, 0.4) is 0 Å². The molecule has 0 aromatic heterocycles. The van der Waals surface area contributed by atoms with Crippen LogP contribution in [0.25, 0.3) is 10.8 Å². The van der Waals surface area contributed by atoms with Gasteiger partial charge in [-0.1, -0.05) is 37.3 Å². The first kappa shape index (κ1) is 22.6. The third kappa shape index (κ3) is 5.54. The standard InChI is InChI=1S/C24H31N3O4/c1-15-14-27(18-13-12-16-10-8-9-11-17(16)19(15)18)20(25-21(28)30-23(2,3)4)26-22(29)31-24(5,6)7/h8-13,15H,14H2,1-7H3,(H,25,26,28,29). The van der Waals surface area contributed by atoms with Gasteiger partial charge in [0.25, 0.3) is 0 Å². The molecule has 166 valence electrons. The van der Waals surface area contributed by atoms with Gasteiger partial charge in [0, 0.05) is 18.2 Å². The smallest absolute Gasteiger partial charge is 0.437 e. The Balaban J connectivity index is 2.01. The van der Waals surface area contributed by atoms with Gasteiger partial charge < -0.3 is 14.4 Å². The molecular formula is C24H31N3O4. The summed E-state index contributed by atoms with van der Waals surface area (Å²) in [5.74, 6) is 0.259. The number of fused-ring (bicyclic) bond motifs is 3. The van der Waals surface area contributed by atoms with Gasteiger partial charge in [0.05, 0.1) is 0 Å². The molecule has 31 heavy (non-hydrogen) atoms. The lowest BCUT2D eigenvalue weighted by Gasteiger charge is -2.25. The maximum Gasteiger partial charge on any atom is 0.437 e. The van der Waals surface area contributed by atoms with Gasteiger partial charge in [0.15, 0.2) is 0 Å². The topological polar surface area (TPSA) is 80.2 Å². The van der Waals surface area contributed by atoms with Gasteiger partial charge in [0.2, 0.25) is 5.96 Å². The predicted molar refractivity (Wildman–Crippen MR) is 123 cm³/mol. The molecular weight excluding hydrogens is 394 g/mol. The number of rotatable bonds is 0. The molecule has 2 aromatic rings. The molecule has 1 N–H and O–H groups in total. The molecule has 0 fully saturated rings. The predicted octanol–water partition coefficient (Wildman–Crippen LogP) is 5.58. The maximum absolute atomic E-state index is 12.5. The van der Waals surface area contributed by atoms with Crippen LogP contribution in [0.15, 0.2) is 41.4 Å². The van der Waals surface area contributed by atoms with Crippen molar-refractivity contribution in [2.75, 3.05) is 11.4 Å². The Hall–Kier alpha value is -3.09. The third-order valence-corrected chi connectivity index (χ3v) is 4.65. The molecule has 2 aromatic carbocycles. The summed E-state index contributed by atoms with van der Waals surface area (Å²) < 4.78 is 10.7. The molecule has 7 nitrogen and oxygen atoms in total. The summed E-state index contributed by atoms with van der Waals surface area (Å²) in [4.78, 5) is 30.9. The van der Waals surface area contributed by atoms with Crippen molar-refractivity contribution < 1.29 is 19.1 Å². The summed E-state index contributed by atoms with van der Waals surface area (Å²) in [6.07, 6.45) is -1.46. The Morgan fingerprint density at radius 1 is 1.00 bits per heavy atom. The zero-order valence-corrected chi connectivity index (χ0v) is 19.3. The molecule has 3 rings (SSSR count). The first-order valence-corrected chi connectivity index (χ1v) is 10.4. The monoisotopic (exact) mass is 425 g/mol. The molecule has 1 atom stereocenters. The number of alkyl carbamates (subject to hydrolysis) is 1. The molecule has 0 aliphatic carbocycles. The van der Waals surface area contributed by atoms with E-state index in [2.05, 4.69) is 29.4 Å². The number of amides is 2. The van der Waals surface area contributed by atoms with Crippen LogP contribution in [0.5, 0.6) is 0 Å². The van der Waals surface area contributed by atoms with E-state index in [0.717, 1.165) is 22.0 Å². The number of anilines is 1. The van der Waals surface area contributed by atoms with Crippen LogP contribution in [-0.2, 0) is 9.47 Å². The summed E-state index contributed by atoms with van der Waals surface area (Å²) in [5, 5.41) is 4.94. The van der Waals surface area contributed by atoms with E-state index in [0.29, 0.717) is 6.54 Å². The Morgan fingerprint density at radius 3 is 2.29 bits per heavy atom. The molecule has 0 saturated heterocycles. The minimum Gasteiger partial charge on any atom is -0.444 e. The molecule has 7 heteroatoms. The van der Waals surface area contributed by atoms with Crippen molar-refractivity contribution in [2.24, 2.45) is 4.99 Å². The Labute approximate surface area is 183 Å². The van der Waals surface area contributed by atoms with Gasteiger partial charge in [-0.2, -0.15) is 0 Å². The van der Waals surface area contributed by atoms with Crippen LogP contribution in [0.2, 0.25) is 0 Å². The Kier molecular flexibility index (Phi) is 5.98. The largest absolute Gasteiger partial charge is 0.444 e. The van der Waals surface area contributed by atoms with Crippen LogP contribution >= 0.6 is 0 Å². The van der Waals surface area contributed by atoms with Crippen LogP contribution in [-0.4, -0.2) is 35.9 Å². The second kappa shape index (κ2) is 8.21. The quantitative estimate of drug-likeness (QED) is 0.440. The number of guanidine groups is 1. The van der Waals surface area contributed by atoms with Crippen LogP contribution in [0.4, 0.5) is 15.3 Å². The van der Waals surface area contributed by atoms with Crippen LogP contribution in [0.1, 0.15) is 59.9 Å². The van der Waals surface area contributed by atoms with Crippen molar-refractivity contribution in [3.05, 3.63) is 42.0 Å². The fourth-order valence-electron chi connectivity index (χ4n) is 3.62. The van der Waals surface area contributed by atoms with Gasteiger partial charge in [-0.15, -0.1) is 4.99 Å². The minimum absolute atomic E-state index is 0.0874. The number of ether oxygens (including phenoxy) is 2. The number of hydrogen-bond donors (Lipinski definition) is 1. The highest BCUT2D eigenvalue weighted by atomic mass is 16.6. The minimum atomic E-state index is -0.777. The first-order chi connectivity index (χ1) is 14.3. The molecule has 2 amide bonds. The fraction of sp³-hybridized carbons (Fsp3) is 0.458. The Morgan fingerprint density at radius 2 is 1.65 bits per heavy atom. The first-order valence-electron chi connectivity index (χ1n) is 10.4. The van der Waals surface area contributed by atoms with Crippen molar-refractivity contribution in [2.45, 2.75) is 65.6 Å². The van der Waals surface area contributed by atoms with E-state index in [9.17, 15) is 9.59 Å². The van der Waals surface area contributed by atoms with Gasteiger partial charge in [-0.3, -0.25) is 5.32 Å². The SMILES string of the molecule is CC1CN(C(=NC(=O)OC(C)(C)C)NC(=O)OC(C)(C)C)c2ccc3ccccc3c21. The number of carbonyl (C=O) groups is 2. The number of nitrogens with one attached hydrogen (secondary N) is 1. The Bertz CT molecular complexity index is 1030. The molecule has 0 radical (unpaired) electrons. The van der Waals surface area contributed by atoms with Crippen LogP contribution in [0, 0.1) is 0 Å². The summed E-state index contributed by atoms with van der Waals surface area (Å²) in [5.41, 5.74) is 0.655. The van der Waals surface area contributed by atoms with Gasteiger partial charge in [0.1, 0.15) is 11.2 Å². The summed E-state index contributed by atoms with van der Waals surface area (Å²) in [7, 11) is 0. The van der Waals surface area contributed by atoms with E-state index in [-0.39, 0.29) is 11.9 Å². The van der Waals surface area contributed by atoms with Crippen molar-refractivity contribution in [1.29, 1.82) is 0 Å². The number of aliphatic imine (C=N–C) groups is 1. The number of carbonyl (C=O) groups excluding carboxylic acids is 2. The lowest BCUT2D eigenvalue weighted by atomic mass is 9.96. The van der Waals surface area contributed by atoms with Gasteiger partial charge in [-0.05, 0) is 63.9 Å². The highest BCUT2D eigenvalue weighted by molar-refractivity contribution is 6.10. The van der Waals surface area contributed by atoms with Crippen molar-refractivity contribution in [3.63, 3.8) is 0 Å². The van der Waals surface area contributed by atoms with Crippen LogP contribution < -0.4 is 10.2 Å². The average Bonchev–Trinajstić information content (AvgIpc) is 2.95. The zero-order valence-electron chi connectivity index (χ0n) is 19.3. The van der Waals surface area contributed by atoms with E-state index in [4.69, 9.17) is 9.47 Å². The zero-order chi connectivity index (χ0) is 23.0. The number of hydrogen-bond acceptors (Lipinski definition) is 4. The highest BCUT2D eigenvalue weighted by Crippen LogP contribution is 2.41. The number of benzene rings is 2. The third-order valence-electron chi connectivity index (χ3n) is 4.65. The van der Waals surface area contributed by atoms with Crippen molar-refractivity contribution in [3.8, 4) is 0 Å². The summed E-state index contributed by atoms with van der Waals surface area (Å²) in [6, 6.07) is 12.2. The van der Waals surface area contributed by atoms with E-state index in [1.807, 2.05) is 29.2 Å². The van der Waals surface area contributed by atoms with E-state index >= 15 is 0 Å². The summed E-state index contributed by atoms with van der Waals surface area (Å²) in [6.45, 7) is 13.3. The van der Waals surface area contributed by atoms with Gasteiger partial charge in [-0.25, -0.2) is 9.59 Å². The average molecular weight is 426 g/mol. The highest BCUT2D eigenvalue weighted by Gasteiger charge is 2.32. The normalized spacial score (nSPS) is 16.8. The summed E-state index contributed by atoms with van der Waals surface area (Å²) >= 11 is 0. The lowest BCUT2D eigenvalue weighted by Crippen LogP contribution is -2.46. The molecule has 0 spiro atoms. The van der Waals surface area contributed by atoms with Crippen molar-refractivity contribution >= 4 is 34.6 Å². The molecule has 1 aliphatic rings. The second-order valence-corrected chi connectivity index (χ2v) is 9.77. The van der Waals surface area contributed by atoms with E-state index < -0.39 is 23.4 Å². The number of nitrogens with zero attached hydrogens (tertiary/aromatic N) is 2. The van der Waals surface area contributed by atoms with E-state index in [1.165, 1.54) is 0 Å². The molecule has 1 aliphatic heterocycles. The fourth-order valence-corrected chi connectivity index (χ4v) is 3.62. The molecule has 1 unspecified atom stereocenters. The lowest BCUT2D eigenvalue weighted by molar-refractivity contribution is 0.0561. The molecule has 1 heterocycles. The van der Waals surface area contributed by atoms with Crippen molar-refractivity contribution in [1.82, 2.24) is 5.32 Å². The molecule has 0 saturated carbocycles. The molecule has 0 bridgehead atoms. The van der Waals surface area contributed by atoms with Gasteiger partial charge >= 0.3 is 12.2 Å². The second-order valence-electron chi connectivity index (χ2n) is 9.77.